The Hall–Kier alpha value is -3.90. The van der Waals surface area contributed by atoms with E-state index in [1.807, 2.05) is 42.5 Å². The molecule has 1 aromatic heterocycles. The van der Waals surface area contributed by atoms with Crippen LogP contribution >= 0.6 is 11.6 Å². The average molecular weight is 428 g/mol. The van der Waals surface area contributed by atoms with E-state index in [9.17, 15) is 4.79 Å². The van der Waals surface area contributed by atoms with Gasteiger partial charge in [-0.3, -0.25) is 4.79 Å². The second kappa shape index (κ2) is 8.08. The maximum atomic E-state index is 12.4. The molecule has 4 aromatic rings. The second-order valence-electron chi connectivity index (χ2n) is 7.18. The molecule has 0 saturated carbocycles. The fourth-order valence-electron chi connectivity index (χ4n) is 3.52. The van der Waals surface area contributed by atoms with Crippen molar-refractivity contribution in [3.05, 3.63) is 101 Å². The highest BCUT2D eigenvalue weighted by Crippen LogP contribution is 2.35. The summed E-state index contributed by atoms with van der Waals surface area (Å²) in [5.41, 5.74) is 5.34. The van der Waals surface area contributed by atoms with Gasteiger partial charge in [-0.1, -0.05) is 35.9 Å². The molecule has 7 heteroatoms. The van der Waals surface area contributed by atoms with Crippen LogP contribution in [0.4, 0.5) is 28.7 Å². The van der Waals surface area contributed by atoms with E-state index in [-0.39, 0.29) is 5.91 Å². The lowest BCUT2D eigenvalue weighted by molar-refractivity contribution is 0.102. The molecule has 0 unspecified atom stereocenters. The van der Waals surface area contributed by atoms with Crippen molar-refractivity contribution in [2.45, 2.75) is 6.42 Å². The Balaban J connectivity index is 1.31. The molecule has 0 atom stereocenters. The molecular weight excluding hydrogens is 410 g/mol. The minimum atomic E-state index is -0.210. The van der Waals surface area contributed by atoms with Gasteiger partial charge in [0.15, 0.2) is 0 Å². The van der Waals surface area contributed by atoms with Gasteiger partial charge in [0.1, 0.15) is 18.0 Å². The average Bonchev–Trinajstić information content (AvgIpc) is 2.79. The van der Waals surface area contributed by atoms with Crippen molar-refractivity contribution in [3.63, 3.8) is 0 Å². The lowest BCUT2D eigenvalue weighted by atomic mass is 10.00. The van der Waals surface area contributed by atoms with Gasteiger partial charge in [0.25, 0.3) is 5.91 Å². The quantitative estimate of drug-likeness (QED) is 0.339. The van der Waals surface area contributed by atoms with E-state index in [4.69, 9.17) is 11.6 Å². The minimum absolute atomic E-state index is 0.210. The summed E-state index contributed by atoms with van der Waals surface area (Å²) < 4.78 is 0. The number of hydrogen-bond acceptors (Lipinski definition) is 5. The van der Waals surface area contributed by atoms with Gasteiger partial charge in [-0.15, -0.1) is 0 Å². The van der Waals surface area contributed by atoms with Gasteiger partial charge >= 0.3 is 0 Å². The normalized spacial score (nSPS) is 11.6. The molecule has 1 aliphatic rings. The summed E-state index contributed by atoms with van der Waals surface area (Å²) in [6.07, 6.45) is 2.29. The van der Waals surface area contributed by atoms with Crippen molar-refractivity contribution in [1.82, 2.24) is 9.97 Å². The van der Waals surface area contributed by atoms with E-state index < -0.39 is 0 Å². The fourth-order valence-corrected chi connectivity index (χ4v) is 3.71. The third-order valence-electron chi connectivity index (χ3n) is 5.08. The number of para-hydroxylation sites is 1. The van der Waals surface area contributed by atoms with Crippen molar-refractivity contribution < 1.29 is 4.79 Å². The number of nitrogens with zero attached hydrogens (tertiary/aromatic N) is 2. The van der Waals surface area contributed by atoms with Crippen molar-refractivity contribution >= 4 is 46.2 Å². The zero-order chi connectivity index (χ0) is 21.2. The summed E-state index contributed by atoms with van der Waals surface area (Å²) in [5, 5.41) is 10.1. The van der Waals surface area contributed by atoms with Crippen LogP contribution in [0, 0.1) is 0 Å². The monoisotopic (exact) mass is 427 g/mol. The van der Waals surface area contributed by atoms with Gasteiger partial charge in [0.05, 0.1) is 0 Å². The molecule has 3 N–H and O–H groups in total. The van der Waals surface area contributed by atoms with Gasteiger partial charge in [-0.2, -0.15) is 0 Å². The number of amides is 1. The molecule has 5 rings (SSSR count). The van der Waals surface area contributed by atoms with E-state index in [1.165, 1.54) is 5.56 Å². The number of halogens is 1. The maximum Gasteiger partial charge on any atom is 0.255 e. The van der Waals surface area contributed by atoms with E-state index in [1.54, 1.807) is 30.6 Å². The summed E-state index contributed by atoms with van der Waals surface area (Å²) in [7, 11) is 0. The zero-order valence-corrected chi connectivity index (χ0v) is 17.1. The van der Waals surface area contributed by atoms with Crippen molar-refractivity contribution in [2.75, 3.05) is 16.0 Å². The Bertz CT molecular complexity index is 1270. The van der Waals surface area contributed by atoms with Crippen LogP contribution in [0.25, 0.3) is 0 Å². The minimum Gasteiger partial charge on any atom is -0.340 e. The molecule has 2 heterocycles. The van der Waals surface area contributed by atoms with Crippen LogP contribution in [0.15, 0.2) is 79.1 Å². The molecule has 6 nitrogen and oxygen atoms in total. The van der Waals surface area contributed by atoms with E-state index in [0.717, 1.165) is 35.0 Å². The Morgan fingerprint density at radius 3 is 2.58 bits per heavy atom. The molecule has 31 heavy (non-hydrogen) atoms. The predicted octanol–water partition coefficient (Wildman–Crippen LogP) is 5.77. The van der Waals surface area contributed by atoms with E-state index in [2.05, 4.69) is 32.0 Å². The van der Waals surface area contributed by atoms with Crippen LogP contribution in [-0.2, 0) is 6.42 Å². The van der Waals surface area contributed by atoms with E-state index in [0.29, 0.717) is 16.3 Å². The molecule has 0 spiro atoms. The lowest BCUT2D eigenvalue weighted by Gasteiger charge is -2.22. The number of carbonyl (C=O) groups is 1. The van der Waals surface area contributed by atoms with Crippen LogP contribution in [0.1, 0.15) is 21.5 Å². The molecule has 1 amide bonds. The first kappa shape index (κ1) is 19.1. The van der Waals surface area contributed by atoms with Crippen LogP contribution in [0.5, 0.6) is 0 Å². The number of hydrogen-bond donors (Lipinski definition) is 3. The first-order valence-electron chi connectivity index (χ1n) is 9.78. The standard InChI is InChI=1S/C24H18ClN5O/c25-17-6-3-5-16(12-17)24(31)29-19-10-8-18(9-11-19)28-22-20-13-15-4-1-2-7-21(15)30-23(20)27-14-26-22/h1-12,14H,13H2,(H,29,31)(H2,26,27,28,30). The van der Waals surface area contributed by atoms with Crippen LogP contribution < -0.4 is 16.0 Å². The highest BCUT2D eigenvalue weighted by atomic mass is 35.5. The summed E-state index contributed by atoms with van der Waals surface area (Å²) in [5.74, 6) is 1.35. The van der Waals surface area contributed by atoms with Crippen LogP contribution in [-0.4, -0.2) is 15.9 Å². The molecule has 0 saturated heterocycles. The number of benzene rings is 3. The SMILES string of the molecule is O=C(Nc1ccc(Nc2ncnc3c2Cc2ccccc2N3)cc1)c1cccc(Cl)c1. The number of nitrogens with one attached hydrogen (secondary N) is 3. The van der Waals surface area contributed by atoms with Crippen LogP contribution in [0.3, 0.4) is 0 Å². The Morgan fingerprint density at radius 1 is 0.935 bits per heavy atom. The summed E-state index contributed by atoms with van der Waals surface area (Å²) in [6, 6.07) is 22.5. The van der Waals surface area contributed by atoms with Crippen LogP contribution in [0.2, 0.25) is 5.02 Å². The molecule has 1 aliphatic heterocycles. The number of aromatic nitrogens is 2. The molecule has 0 aliphatic carbocycles. The van der Waals surface area contributed by atoms with Crippen molar-refractivity contribution in [3.8, 4) is 0 Å². The third-order valence-corrected chi connectivity index (χ3v) is 5.31. The summed E-state index contributed by atoms with van der Waals surface area (Å²) >= 11 is 5.97. The van der Waals surface area contributed by atoms with Crippen molar-refractivity contribution in [1.29, 1.82) is 0 Å². The topological polar surface area (TPSA) is 78.9 Å². The largest absolute Gasteiger partial charge is 0.340 e. The summed E-state index contributed by atoms with van der Waals surface area (Å²) in [6.45, 7) is 0. The molecule has 3 aromatic carbocycles. The Morgan fingerprint density at radius 2 is 1.74 bits per heavy atom. The predicted molar refractivity (Wildman–Crippen MR) is 124 cm³/mol. The van der Waals surface area contributed by atoms with Gasteiger partial charge < -0.3 is 16.0 Å². The number of anilines is 5. The molecule has 0 fully saturated rings. The van der Waals surface area contributed by atoms with Gasteiger partial charge in [0.2, 0.25) is 0 Å². The first-order valence-corrected chi connectivity index (χ1v) is 10.2. The molecule has 0 bridgehead atoms. The van der Waals surface area contributed by atoms with Gasteiger partial charge in [0, 0.05) is 39.6 Å². The second-order valence-corrected chi connectivity index (χ2v) is 7.61. The van der Waals surface area contributed by atoms with Crippen molar-refractivity contribution in [2.24, 2.45) is 0 Å². The van der Waals surface area contributed by atoms with Gasteiger partial charge in [-0.05, 0) is 54.1 Å². The maximum absolute atomic E-state index is 12.4. The highest BCUT2D eigenvalue weighted by Gasteiger charge is 2.19. The number of fused-ring (bicyclic) bond motifs is 2. The third kappa shape index (κ3) is 4.06. The molecule has 0 radical (unpaired) electrons. The smallest absolute Gasteiger partial charge is 0.255 e. The number of rotatable bonds is 4. The Labute approximate surface area is 184 Å². The fraction of sp³-hybridized carbons (Fsp3) is 0.0417. The Kier molecular flexibility index (Phi) is 4.98. The first-order chi connectivity index (χ1) is 15.2. The molecule has 152 valence electrons. The summed E-state index contributed by atoms with van der Waals surface area (Å²) in [4.78, 5) is 21.2. The molecular formula is C24H18ClN5O. The number of carbonyl (C=O) groups excluding carboxylic acids is 1. The highest BCUT2D eigenvalue weighted by molar-refractivity contribution is 6.31. The zero-order valence-electron chi connectivity index (χ0n) is 16.4. The van der Waals surface area contributed by atoms with Gasteiger partial charge in [-0.25, -0.2) is 9.97 Å². The van der Waals surface area contributed by atoms with E-state index >= 15 is 0 Å². The lowest BCUT2D eigenvalue weighted by Crippen LogP contribution is -2.12.